The fourth-order valence-electron chi connectivity index (χ4n) is 1.39. The molecular formula is C11H12BrN3. The average molecular weight is 266 g/mol. The highest BCUT2D eigenvalue weighted by Gasteiger charge is 1.99. The molecule has 0 fully saturated rings. The molecule has 0 radical (unpaired) electrons. The van der Waals surface area contributed by atoms with Crippen LogP contribution in [-0.4, -0.2) is 16.6 Å². The van der Waals surface area contributed by atoms with Gasteiger partial charge >= 0.3 is 0 Å². The van der Waals surface area contributed by atoms with E-state index < -0.39 is 0 Å². The Kier molecular flexibility index (Phi) is 3.18. The van der Waals surface area contributed by atoms with Crippen molar-refractivity contribution < 1.29 is 0 Å². The summed E-state index contributed by atoms with van der Waals surface area (Å²) in [5.41, 5.74) is 2.16. The van der Waals surface area contributed by atoms with Gasteiger partial charge in [-0.15, -0.1) is 0 Å². The lowest BCUT2D eigenvalue weighted by molar-refractivity contribution is 0.796. The molecule has 4 heteroatoms. The first kappa shape index (κ1) is 10.4. The Morgan fingerprint density at radius 3 is 2.73 bits per heavy atom. The second-order valence-corrected chi connectivity index (χ2v) is 4.19. The number of hydrogen-bond acceptors (Lipinski definition) is 2. The number of imidazole rings is 1. The predicted molar refractivity (Wildman–Crippen MR) is 64.0 cm³/mol. The Bertz CT molecular complexity index is 433. The molecule has 2 aromatic rings. The molecule has 0 unspecified atom stereocenters. The fourth-order valence-corrected chi connectivity index (χ4v) is 1.65. The molecule has 1 aromatic heterocycles. The van der Waals surface area contributed by atoms with Gasteiger partial charge in [-0.25, -0.2) is 4.98 Å². The van der Waals surface area contributed by atoms with Crippen molar-refractivity contribution in [1.82, 2.24) is 14.9 Å². The Hall–Kier alpha value is -1.13. The van der Waals surface area contributed by atoms with Gasteiger partial charge in [0.15, 0.2) is 0 Å². The number of rotatable bonds is 3. The van der Waals surface area contributed by atoms with Gasteiger partial charge in [0.05, 0.1) is 12.0 Å². The Labute approximate surface area is 97.3 Å². The molecule has 0 amide bonds. The molecule has 1 heterocycles. The molecule has 1 aromatic carbocycles. The first-order valence-corrected chi connectivity index (χ1v) is 5.52. The smallest absolute Gasteiger partial charge is 0.0995 e. The van der Waals surface area contributed by atoms with Gasteiger partial charge in [-0.2, -0.15) is 0 Å². The van der Waals surface area contributed by atoms with Gasteiger partial charge in [0, 0.05) is 22.9 Å². The normalized spacial score (nSPS) is 10.5. The first-order chi connectivity index (χ1) is 7.29. The molecule has 0 aliphatic carbocycles. The molecule has 15 heavy (non-hydrogen) atoms. The highest BCUT2D eigenvalue weighted by atomic mass is 79.9. The summed E-state index contributed by atoms with van der Waals surface area (Å²) in [5.74, 6) is 0. The summed E-state index contributed by atoms with van der Waals surface area (Å²) < 4.78 is 3.10. The van der Waals surface area contributed by atoms with Crippen LogP contribution in [0.15, 0.2) is 41.3 Å². The van der Waals surface area contributed by atoms with Crippen LogP contribution in [0, 0.1) is 0 Å². The van der Waals surface area contributed by atoms with Gasteiger partial charge < -0.3 is 9.88 Å². The second-order valence-electron chi connectivity index (χ2n) is 3.28. The summed E-state index contributed by atoms with van der Waals surface area (Å²) in [4.78, 5) is 4.29. The third-order valence-corrected chi connectivity index (χ3v) is 2.65. The van der Waals surface area contributed by atoms with Gasteiger partial charge in [-0.05, 0) is 31.3 Å². The molecule has 2 rings (SSSR count). The SMILES string of the molecule is CNCc1cn(-c2ccc(Br)cc2)cn1. The van der Waals surface area contributed by atoms with Crippen LogP contribution in [0.3, 0.4) is 0 Å². The summed E-state index contributed by atoms with van der Waals surface area (Å²) >= 11 is 3.41. The van der Waals surface area contributed by atoms with Gasteiger partial charge in [0.1, 0.15) is 0 Å². The van der Waals surface area contributed by atoms with Crippen LogP contribution in [0.1, 0.15) is 5.69 Å². The zero-order valence-electron chi connectivity index (χ0n) is 8.44. The topological polar surface area (TPSA) is 29.9 Å². The summed E-state index contributed by atoms with van der Waals surface area (Å²) in [6.45, 7) is 0.795. The van der Waals surface area contributed by atoms with E-state index in [1.807, 2.05) is 36.3 Å². The number of benzene rings is 1. The highest BCUT2D eigenvalue weighted by Crippen LogP contribution is 2.14. The van der Waals surface area contributed by atoms with Gasteiger partial charge in [-0.1, -0.05) is 15.9 Å². The third-order valence-electron chi connectivity index (χ3n) is 2.12. The van der Waals surface area contributed by atoms with Crippen molar-refractivity contribution in [3.05, 3.63) is 47.0 Å². The predicted octanol–water partition coefficient (Wildman–Crippen LogP) is 2.35. The molecule has 0 saturated carbocycles. The van der Waals surface area contributed by atoms with E-state index in [0.29, 0.717) is 0 Å². The molecule has 0 aliphatic heterocycles. The lowest BCUT2D eigenvalue weighted by atomic mass is 10.3. The average Bonchev–Trinajstić information content (AvgIpc) is 2.68. The van der Waals surface area contributed by atoms with Crippen LogP contribution in [-0.2, 0) is 6.54 Å². The van der Waals surface area contributed by atoms with E-state index in [1.54, 1.807) is 0 Å². The maximum atomic E-state index is 4.29. The van der Waals surface area contributed by atoms with E-state index in [1.165, 1.54) is 0 Å². The van der Waals surface area contributed by atoms with Gasteiger partial charge in [-0.3, -0.25) is 0 Å². The monoisotopic (exact) mass is 265 g/mol. The lowest BCUT2D eigenvalue weighted by Crippen LogP contribution is -2.04. The van der Waals surface area contributed by atoms with Crippen LogP contribution in [0.2, 0.25) is 0 Å². The molecule has 0 atom stereocenters. The maximum Gasteiger partial charge on any atom is 0.0995 e. The van der Waals surface area contributed by atoms with E-state index in [0.717, 1.165) is 22.4 Å². The minimum atomic E-state index is 0.795. The minimum Gasteiger partial charge on any atom is -0.314 e. The van der Waals surface area contributed by atoms with Crippen LogP contribution in [0.5, 0.6) is 0 Å². The zero-order valence-corrected chi connectivity index (χ0v) is 10.0. The zero-order chi connectivity index (χ0) is 10.7. The minimum absolute atomic E-state index is 0.795. The van der Waals surface area contributed by atoms with E-state index in [2.05, 4.69) is 38.4 Å². The van der Waals surface area contributed by atoms with Crippen molar-refractivity contribution in [3.8, 4) is 5.69 Å². The van der Waals surface area contributed by atoms with Crippen LogP contribution in [0.4, 0.5) is 0 Å². The van der Waals surface area contributed by atoms with Crippen LogP contribution < -0.4 is 5.32 Å². The van der Waals surface area contributed by atoms with Crippen molar-refractivity contribution >= 4 is 15.9 Å². The second kappa shape index (κ2) is 4.59. The van der Waals surface area contributed by atoms with Crippen LogP contribution in [0.25, 0.3) is 5.69 Å². The molecule has 0 spiro atoms. The number of hydrogen-bond donors (Lipinski definition) is 1. The third kappa shape index (κ3) is 2.46. The molecule has 3 nitrogen and oxygen atoms in total. The highest BCUT2D eigenvalue weighted by molar-refractivity contribution is 9.10. The molecule has 0 saturated heterocycles. The van der Waals surface area contributed by atoms with Crippen LogP contribution >= 0.6 is 15.9 Å². The fraction of sp³-hybridized carbons (Fsp3) is 0.182. The molecule has 0 bridgehead atoms. The number of halogens is 1. The van der Waals surface area contributed by atoms with E-state index in [-0.39, 0.29) is 0 Å². The summed E-state index contributed by atoms with van der Waals surface area (Å²) in [5, 5.41) is 3.07. The first-order valence-electron chi connectivity index (χ1n) is 4.73. The quantitative estimate of drug-likeness (QED) is 0.924. The van der Waals surface area contributed by atoms with Crippen molar-refractivity contribution in [1.29, 1.82) is 0 Å². The van der Waals surface area contributed by atoms with Crippen molar-refractivity contribution in [2.75, 3.05) is 7.05 Å². The largest absolute Gasteiger partial charge is 0.314 e. The Morgan fingerprint density at radius 1 is 1.33 bits per heavy atom. The Morgan fingerprint density at radius 2 is 2.07 bits per heavy atom. The molecule has 78 valence electrons. The number of nitrogens with one attached hydrogen (secondary N) is 1. The summed E-state index contributed by atoms with van der Waals surface area (Å²) in [7, 11) is 1.92. The summed E-state index contributed by atoms with van der Waals surface area (Å²) in [6, 6.07) is 8.14. The van der Waals surface area contributed by atoms with Crippen molar-refractivity contribution in [2.45, 2.75) is 6.54 Å². The van der Waals surface area contributed by atoms with Crippen molar-refractivity contribution in [2.24, 2.45) is 0 Å². The standard InChI is InChI=1S/C11H12BrN3/c1-13-6-10-7-15(8-14-10)11-4-2-9(12)3-5-11/h2-5,7-8,13H,6H2,1H3. The Balaban J connectivity index is 2.25. The van der Waals surface area contributed by atoms with E-state index in [4.69, 9.17) is 0 Å². The molecule has 0 aliphatic rings. The summed E-state index contributed by atoms with van der Waals surface area (Å²) in [6.07, 6.45) is 3.86. The van der Waals surface area contributed by atoms with Gasteiger partial charge in [0.25, 0.3) is 0 Å². The molecule has 1 N–H and O–H groups in total. The van der Waals surface area contributed by atoms with Crippen molar-refractivity contribution in [3.63, 3.8) is 0 Å². The van der Waals surface area contributed by atoms with E-state index >= 15 is 0 Å². The van der Waals surface area contributed by atoms with Gasteiger partial charge in [0.2, 0.25) is 0 Å². The number of nitrogens with zero attached hydrogens (tertiary/aromatic N) is 2. The lowest BCUT2D eigenvalue weighted by Gasteiger charge is -2.00. The number of aromatic nitrogens is 2. The molecular weight excluding hydrogens is 254 g/mol. The maximum absolute atomic E-state index is 4.29. The van der Waals surface area contributed by atoms with E-state index in [9.17, 15) is 0 Å².